The third-order valence-corrected chi connectivity index (χ3v) is 7.34. The van der Waals surface area contributed by atoms with Gasteiger partial charge in [0.05, 0.1) is 6.04 Å². The molecule has 1 atom stereocenters. The molecule has 0 N–H and O–H groups in total. The molecule has 0 bridgehead atoms. The molecule has 2 aliphatic rings. The minimum Gasteiger partial charge on any atom is -0.367 e. The second-order valence-corrected chi connectivity index (χ2v) is 10.3. The Balaban J connectivity index is 1.54. The van der Waals surface area contributed by atoms with Crippen LogP contribution in [0, 0.1) is 13.8 Å². The summed E-state index contributed by atoms with van der Waals surface area (Å²) in [5, 5.41) is 0. The summed E-state index contributed by atoms with van der Waals surface area (Å²) in [5.41, 5.74) is 9.59. The van der Waals surface area contributed by atoms with E-state index in [2.05, 4.69) is 132 Å². The van der Waals surface area contributed by atoms with Crippen LogP contribution in [0.5, 0.6) is 0 Å². The van der Waals surface area contributed by atoms with Crippen molar-refractivity contribution in [3.05, 3.63) is 94.7 Å². The normalized spacial score (nSPS) is 22.7. The van der Waals surface area contributed by atoms with Crippen molar-refractivity contribution < 1.29 is 0 Å². The number of hydrogen-bond acceptors (Lipinski definition) is 2. The highest BCUT2D eigenvalue weighted by Crippen LogP contribution is 2.47. The third-order valence-electron chi connectivity index (χ3n) is 7.34. The largest absolute Gasteiger partial charge is 0.367 e. The molecule has 0 saturated heterocycles. The first-order valence-corrected chi connectivity index (χ1v) is 11.3. The number of fused-ring (bicyclic) bond motifs is 2. The van der Waals surface area contributed by atoms with Crippen molar-refractivity contribution in [1.82, 2.24) is 0 Å². The molecule has 2 heteroatoms. The van der Waals surface area contributed by atoms with Crippen molar-refractivity contribution in [3.63, 3.8) is 0 Å². The molecule has 0 amide bonds. The van der Waals surface area contributed by atoms with Crippen molar-refractivity contribution in [2.45, 2.75) is 58.4 Å². The quantitative estimate of drug-likeness (QED) is 0.510. The van der Waals surface area contributed by atoms with E-state index in [1.807, 2.05) is 0 Å². The van der Waals surface area contributed by atoms with Gasteiger partial charge in [0.25, 0.3) is 0 Å². The topological polar surface area (TPSA) is 6.48 Å². The average molecular weight is 413 g/mol. The third kappa shape index (κ3) is 3.43. The lowest BCUT2D eigenvalue weighted by molar-refractivity contribution is 0.487. The number of likely N-dealkylation sites (N-methyl/N-ethyl adjacent to an activating group) is 2. The Bertz CT molecular complexity index is 1100. The van der Waals surface area contributed by atoms with Gasteiger partial charge in [-0.25, -0.2) is 0 Å². The highest BCUT2D eigenvalue weighted by molar-refractivity contribution is 5.71. The molecule has 0 saturated carbocycles. The van der Waals surface area contributed by atoms with Gasteiger partial charge in [0.15, 0.2) is 0 Å². The minimum absolute atomic E-state index is 0.0112. The van der Waals surface area contributed by atoms with E-state index in [4.69, 9.17) is 0 Å². The second-order valence-electron chi connectivity index (χ2n) is 10.3. The Morgan fingerprint density at radius 1 is 0.774 bits per heavy atom. The van der Waals surface area contributed by atoms with Gasteiger partial charge >= 0.3 is 0 Å². The van der Waals surface area contributed by atoms with Crippen LogP contribution in [-0.2, 0) is 10.8 Å². The molecule has 2 heterocycles. The number of rotatable bonds is 3. The molecular weight excluding hydrogens is 376 g/mol. The van der Waals surface area contributed by atoms with Gasteiger partial charge in [-0.2, -0.15) is 0 Å². The molecule has 0 aliphatic carbocycles. The zero-order chi connectivity index (χ0) is 22.6. The molecule has 31 heavy (non-hydrogen) atoms. The minimum atomic E-state index is 0.0112. The lowest BCUT2D eigenvalue weighted by Gasteiger charge is -2.29. The van der Waals surface area contributed by atoms with E-state index < -0.39 is 0 Å². The Morgan fingerprint density at radius 2 is 1.39 bits per heavy atom. The van der Waals surface area contributed by atoms with Gasteiger partial charge < -0.3 is 9.80 Å². The fourth-order valence-electron chi connectivity index (χ4n) is 5.47. The lowest BCUT2D eigenvalue weighted by Crippen LogP contribution is -2.37. The van der Waals surface area contributed by atoms with E-state index in [9.17, 15) is 0 Å². The summed E-state index contributed by atoms with van der Waals surface area (Å²) in [6.07, 6.45) is 11.2. The molecule has 0 fully saturated rings. The van der Waals surface area contributed by atoms with Crippen LogP contribution in [0.1, 0.15) is 49.9 Å². The fraction of sp³-hybridized carbons (Fsp3) is 0.379. The first-order chi connectivity index (χ1) is 14.5. The van der Waals surface area contributed by atoms with E-state index in [0.29, 0.717) is 6.04 Å². The van der Waals surface area contributed by atoms with Crippen molar-refractivity contribution in [2.75, 3.05) is 23.9 Å². The summed E-state index contributed by atoms with van der Waals surface area (Å²) in [7, 11) is 4.38. The molecule has 0 spiro atoms. The number of hydrogen-bond donors (Lipinski definition) is 0. The van der Waals surface area contributed by atoms with Gasteiger partial charge in [0.2, 0.25) is 0 Å². The smallest absolute Gasteiger partial charge is 0.0565 e. The SMILES string of the molecule is Cc1ccc2c(c1)C(C)(C)C(=CC=CC=CC1N(C)c3ccc(C)cc3C1(C)C)N2C. The first kappa shape index (κ1) is 21.5. The highest BCUT2D eigenvalue weighted by atomic mass is 15.2. The zero-order valence-corrected chi connectivity index (χ0v) is 20.3. The van der Waals surface area contributed by atoms with E-state index in [1.165, 1.54) is 39.3 Å². The zero-order valence-electron chi connectivity index (χ0n) is 20.3. The van der Waals surface area contributed by atoms with E-state index in [0.717, 1.165) is 0 Å². The predicted octanol–water partition coefficient (Wildman–Crippen LogP) is 6.82. The van der Waals surface area contributed by atoms with Gasteiger partial charge in [-0.1, -0.05) is 87.4 Å². The Hall–Kier alpha value is -2.74. The predicted molar refractivity (Wildman–Crippen MR) is 135 cm³/mol. The first-order valence-electron chi connectivity index (χ1n) is 11.3. The summed E-state index contributed by atoms with van der Waals surface area (Å²) < 4.78 is 0. The Kier molecular flexibility index (Phi) is 5.16. The molecule has 162 valence electrons. The fourth-order valence-corrected chi connectivity index (χ4v) is 5.47. The molecule has 2 aromatic rings. The van der Waals surface area contributed by atoms with Crippen molar-refractivity contribution in [1.29, 1.82) is 0 Å². The molecular formula is C29H36N2. The van der Waals surface area contributed by atoms with Crippen molar-refractivity contribution in [3.8, 4) is 0 Å². The van der Waals surface area contributed by atoms with E-state index >= 15 is 0 Å². The van der Waals surface area contributed by atoms with Gasteiger partial charge in [-0.15, -0.1) is 0 Å². The van der Waals surface area contributed by atoms with Gasteiger partial charge in [-0.3, -0.25) is 0 Å². The monoisotopic (exact) mass is 412 g/mol. The molecule has 0 aromatic heterocycles. The molecule has 0 radical (unpaired) electrons. The number of nitrogens with zero attached hydrogens (tertiary/aromatic N) is 2. The van der Waals surface area contributed by atoms with Crippen LogP contribution in [0.2, 0.25) is 0 Å². The number of anilines is 2. The molecule has 4 rings (SSSR count). The van der Waals surface area contributed by atoms with E-state index in [1.54, 1.807) is 0 Å². The highest BCUT2D eigenvalue weighted by Gasteiger charge is 2.41. The number of aryl methyl sites for hydroxylation is 2. The summed E-state index contributed by atoms with van der Waals surface area (Å²) in [5.74, 6) is 0. The molecule has 2 aliphatic heterocycles. The van der Waals surface area contributed by atoms with Crippen LogP contribution in [-0.4, -0.2) is 20.1 Å². The lowest BCUT2D eigenvalue weighted by atomic mass is 9.80. The second kappa shape index (κ2) is 7.44. The Morgan fingerprint density at radius 3 is 2.06 bits per heavy atom. The molecule has 2 nitrogen and oxygen atoms in total. The van der Waals surface area contributed by atoms with Gasteiger partial charge in [-0.05, 0) is 43.2 Å². The van der Waals surface area contributed by atoms with Crippen LogP contribution in [0.4, 0.5) is 11.4 Å². The maximum Gasteiger partial charge on any atom is 0.0565 e. The van der Waals surface area contributed by atoms with Crippen LogP contribution in [0.3, 0.4) is 0 Å². The maximum absolute atomic E-state index is 2.41. The molecule has 1 unspecified atom stereocenters. The average Bonchev–Trinajstić information content (AvgIpc) is 3.00. The Labute approximate surface area is 188 Å². The van der Waals surface area contributed by atoms with Crippen LogP contribution in [0.25, 0.3) is 0 Å². The number of allylic oxidation sites excluding steroid dienone is 5. The summed E-state index contributed by atoms with van der Waals surface area (Å²) >= 11 is 0. The van der Waals surface area contributed by atoms with Crippen LogP contribution in [0.15, 0.2) is 72.5 Å². The van der Waals surface area contributed by atoms with Crippen LogP contribution < -0.4 is 9.80 Å². The summed E-state index contributed by atoms with van der Waals surface area (Å²) in [6, 6.07) is 13.9. The summed E-state index contributed by atoms with van der Waals surface area (Å²) in [4.78, 5) is 4.74. The standard InChI is InChI=1S/C29H36N2/c1-20-14-16-24-22(18-20)28(3,4)26(30(24)7)12-10-9-11-13-27-29(5,6)23-19-21(2)15-17-25(23)31(27)8/h9-19,26H,1-8H3. The van der Waals surface area contributed by atoms with E-state index in [-0.39, 0.29) is 10.8 Å². The van der Waals surface area contributed by atoms with Gasteiger partial charge in [0.1, 0.15) is 0 Å². The number of benzene rings is 2. The maximum atomic E-state index is 2.41. The summed E-state index contributed by atoms with van der Waals surface area (Å²) in [6.45, 7) is 13.7. The van der Waals surface area contributed by atoms with Gasteiger partial charge in [0, 0.05) is 42.0 Å². The molecule has 2 aromatic carbocycles. The van der Waals surface area contributed by atoms with Crippen molar-refractivity contribution in [2.24, 2.45) is 0 Å². The van der Waals surface area contributed by atoms with Crippen molar-refractivity contribution >= 4 is 11.4 Å². The van der Waals surface area contributed by atoms with Crippen LogP contribution >= 0.6 is 0 Å².